The van der Waals surface area contributed by atoms with Gasteiger partial charge in [-0.25, -0.2) is 4.98 Å². The van der Waals surface area contributed by atoms with Crippen LogP contribution in [0.4, 0.5) is 0 Å². The molecule has 3 N–H and O–H groups in total. The summed E-state index contributed by atoms with van der Waals surface area (Å²) in [6.07, 6.45) is 1.27. The number of benzene rings is 1. The Morgan fingerprint density at radius 3 is 2.85 bits per heavy atom. The number of aromatic nitrogens is 2. The summed E-state index contributed by atoms with van der Waals surface area (Å²) in [5.74, 6) is -1.16. The summed E-state index contributed by atoms with van der Waals surface area (Å²) in [5.41, 5.74) is 5.02. The number of rotatable bonds is 4. The lowest BCUT2D eigenvalue weighted by atomic mass is 10.2. The van der Waals surface area contributed by atoms with Gasteiger partial charge in [-0.3, -0.25) is 19.0 Å². The molecule has 0 saturated carbocycles. The Morgan fingerprint density at radius 2 is 2.15 bits per heavy atom. The van der Waals surface area contributed by atoms with Gasteiger partial charge >= 0.3 is 0 Å². The monoisotopic (exact) mass is 294 g/mol. The Hall–Kier alpha value is -2.41. The van der Waals surface area contributed by atoms with Crippen LogP contribution < -0.4 is 16.6 Å². The third kappa shape index (κ3) is 3.12. The highest BCUT2D eigenvalue weighted by atomic mass is 35.5. The summed E-state index contributed by atoms with van der Waals surface area (Å²) >= 11 is 5.83. The molecule has 0 aliphatic rings. The SMILES string of the molecule is NC(=O)CNC(=O)Cn1cnc2ccc(Cl)cc2c1=O. The van der Waals surface area contributed by atoms with Crippen molar-refractivity contribution in [3.05, 3.63) is 39.9 Å². The molecule has 0 aliphatic carbocycles. The largest absolute Gasteiger partial charge is 0.368 e. The van der Waals surface area contributed by atoms with Crippen molar-refractivity contribution < 1.29 is 9.59 Å². The summed E-state index contributed by atoms with van der Waals surface area (Å²) in [6.45, 7) is -0.526. The second-order valence-electron chi connectivity index (χ2n) is 4.08. The number of nitrogens with zero attached hydrogens (tertiary/aromatic N) is 2. The fourth-order valence-corrected chi connectivity index (χ4v) is 1.81. The quantitative estimate of drug-likeness (QED) is 0.803. The van der Waals surface area contributed by atoms with Crippen LogP contribution in [0.15, 0.2) is 29.3 Å². The standard InChI is InChI=1S/C12H11ClN4O3/c13-7-1-2-9-8(3-7)12(20)17(6-16-9)5-11(19)15-4-10(14)18/h1-3,6H,4-5H2,(H2,14,18)(H,15,19). The Kier molecular flexibility index (Phi) is 3.99. The number of primary amides is 1. The minimum Gasteiger partial charge on any atom is -0.368 e. The van der Waals surface area contributed by atoms with Crippen LogP contribution in [0.25, 0.3) is 10.9 Å². The summed E-state index contributed by atoms with van der Waals surface area (Å²) in [4.78, 5) is 38.3. The molecule has 0 unspecified atom stereocenters. The highest BCUT2D eigenvalue weighted by Gasteiger charge is 2.09. The van der Waals surface area contributed by atoms with Crippen molar-refractivity contribution in [3.8, 4) is 0 Å². The highest BCUT2D eigenvalue weighted by molar-refractivity contribution is 6.31. The molecule has 7 nitrogen and oxygen atoms in total. The van der Waals surface area contributed by atoms with E-state index in [1.807, 2.05) is 0 Å². The Balaban J connectivity index is 2.27. The molecule has 2 aromatic rings. The number of amides is 2. The van der Waals surface area contributed by atoms with Gasteiger partial charge in [0.2, 0.25) is 11.8 Å². The molecule has 20 heavy (non-hydrogen) atoms. The van der Waals surface area contributed by atoms with Gasteiger partial charge in [-0.15, -0.1) is 0 Å². The molecule has 0 saturated heterocycles. The Labute approximate surface area is 118 Å². The molecule has 0 bridgehead atoms. The van der Waals surface area contributed by atoms with E-state index in [9.17, 15) is 14.4 Å². The molecule has 0 spiro atoms. The van der Waals surface area contributed by atoms with Gasteiger partial charge < -0.3 is 11.1 Å². The second-order valence-corrected chi connectivity index (χ2v) is 4.52. The average Bonchev–Trinajstić information content (AvgIpc) is 2.40. The van der Waals surface area contributed by atoms with Crippen molar-refractivity contribution in [3.63, 3.8) is 0 Å². The van der Waals surface area contributed by atoms with Gasteiger partial charge in [-0.1, -0.05) is 11.6 Å². The number of carbonyl (C=O) groups excluding carboxylic acids is 2. The van der Waals surface area contributed by atoms with Gasteiger partial charge in [0.05, 0.1) is 23.8 Å². The summed E-state index contributed by atoms with van der Waals surface area (Å²) in [6, 6.07) is 4.74. The summed E-state index contributed by atoms with van der Waals surface area (Å²) < 4.78 is 1.13. The zero-order chi connectivity index (χ0) is 14.7. The van der Waals surface area contributed by atoms with E-state index >= 15 is 0 Å². The van der Waals surface area contributed by atoms with E-state index in [1.165, 1.54) is 12.4 Å². The smallest absolute Gasteiger partial charge is 0.261 e. The molecule has 2 amide bonds. The van der Waals surface area contributed by atoms with Crippen molar-refractivity contribution in [1.82, 2.24) is 14.9 Å². The number of carbonyl (C=O) groups is 2. The van der Waals surface area contributed by atoms with E-state index in [0.717, 1.165) is 4.57 Å². The zero-order valence-corrected chi connectivity index (χ0v) is 11.1. The van der Waals surface area contributed by atoms with E-state index in [4.69, 9.17) is 17.3 Å². The molecule has 0 aliphatic heterocycles. The molecule has 0 atom stereocenters. The molecule has 0 radical (unpaired) electrons. The van der Waals surface area contributed by atoms with Gasteiger partial charge in [0.25, 0.3) is 5.56 Å². The first-order chi connectivity index (χ1) is 9.47. The van der Waals surface area contributed by atoms with E-state index in [-0.39, 0.29) is 18.6 Å². The lowest BCUT2D eigenvalue weighted by Crippen LogP contribution is -2.37. The zero-order valence-electron chi connectivity index (χ0n) is 10.3. The topological polar surface area (TPSA) is 107 Å². The number of nitrogens with two attached hydrogens (primary N) is 1. The second kappa shape index (κ2) is 5.70. The van der Waals surface area contributed by atoms with E-state index < -0.39 is 11.8 Å². The predicted octanol–water partition coefficient (Wildman–Crippen LogP) is -0.349. The first kappa shape index (κ1) is 14.0. The van der Waals surface area contributed by atoms with Crippen LogP contribution >= 0.6 is 11.6 Å². The van der Waals surface area contributed by atoms with Crippen molar-refractivity contribution >= 4 is 34.3 Å². The van der Waals surface area contributed by atoms with Crippen LogP contribution in [-0.2, 0) is 16.1 Å². The van der Waals surface area contributed by atoms with E-state index in [1.54, 1.807) is 12.1 Å². The first-order valence-electron chi connectivity index (χ1n) is 5.67. The molecule has 1 aromatic heterocycles. The van der Waals surface area contributed by atoms with Crippen molar-refractivity contribution in [2.75, 3.05) is 6.54 Å². The number of nitrogens with one attached hydrogen (secondary N) is 1. The maximum atomic E-state index is 12.1. The Bertz CT molecular complexity index is 741. The molecule has 2 rings (SSSR count). The highest BCUT2D eigenvalue weighted by Crippen LogP contribution is 2.13. The van der Waals surface area contributed by atoms with Crippen LogP contribution in [0.3, 0.4) is 0 Å². The van der Waals surface area contributed by atoms with Gasteiger partial charge in [-0.05, 0) is 18.2 Å². The fraction of sp³-hybridized carbons (Fsp3) is 0.167. The summed E-state index contributed by atoms with van der Waals surface area (Å²) in [5, 5.41) is 3.02. The first-order valence-corrected chi connectivity index (χ1v) is 6.05. The van der Waals surface area contributed by atoms with Crippen molar-refractivity contribution in [2.24, 2.45) is 5.73 Å². The fourth-order valence-electron chi connectivity index (χ4n) is 1.64. The van der Waals surface area contributed by atoms with Crippen molar-refractivity contribution in [1.29, 1.82) is 0 Å². The molecule has 1 heterocycles. The maximum absolute atomic E-state index is 12.1. The third-order valence-electron chi connectivity index (χ3n) is 2.56. The molecule has 1 aromatic carbocycles. The predicted molar refractivity (Wildman–Crippen MR) is 73.2 cm³/mol. The molecular weight excluding hydrogens is 284 g/mol. The Morgan fingerprint density at radius 1 is 1.40 bits per heavy atom. The van der Waals surface area contributed by atoms with Gasteiger partial charge in [-0.2, -0.15) is 0 Å². The van der Waals surface area contributed by atoms with Crippen LogP contribution in [0, 0.1) is 0 Å². The minimum absolute atomic E-state index is 0.248. The third-order valence-corrected chi connectivity index (χ3v) is 2.79. The van der Waals surface area contributed by atoms with Crippen molar-refractivity contribution in [2.45, 2.75) is 6.54 Å². The van der Waals surface area contributed by atoms with Gasteiger partial charge in [0.15, 0.2) is 0 Å². The van der Waals surface area contributed by atoms with Crippen LogP contribution in [0.2, 0.25) is 5.02 Å². The minimum atomic E-state index is -0.658. The number of fused-ring (bicyclic) bond motifs is 1. The normalized spacial score (nSPS) is 10.4. The molecular formula is C12H11ClN4O3. The van der Waals surface area contributed by atoms with Crippen LogP contribution in [0.1, 0.15) is 0 Å². The lowest BCUT2D eigenvalue weighted by molar-refractivity contribution is -0.125. The molecule has 0 fully saturated rings. The maximum Gasteiger partial charge on any atom is 0.261 e. The number of halogens is 1. The number of hydrogen-bond donors (Lipinski definition) is 2. The van der Waals surface area contributed by atoms with E-state index in [2.05, 4.69) is 10.3 Å². The summed E-state index contributed by atoms with van der Waals surface area (Å²) in [7, 11) is 0. The van der Waals surface area contributed by atoms with Gasteiger partial charge in [0.1, 0.15) is 6.54 Å². The van der Waals surface area contributed by atoms with E-state index in [0.29, 0.717) is 15.9 Å². The van der Waals surface area contributed by atoms with Crippen LogP contribution in [0.5, 0.6) is 0 Å². The van der Waals surface area contributed by atoms with Crippen LogP contribution in [-0.4, -0.2) is 27.9 Å². The molecule has 104 valence electrons. The average molecular weight is 295 g/mol. The van der Waals surface area contributed by atoms with Gasteiger partial charge in [0, 0.05) is 5.02 Å². The lowest BCUT2D eigenvalue weighted by Gasteiger charge is -2.07. The molecule has 8 heteroatoms. The number of hydrogen-bond acceptors (Lipinski definition) is 4.